The third-order valence-electron chi connectivity index (χ3n) is 5.13. The summed E-state index contributed by atoms with van der Waals surface area (Å²) in [4.78, 5) is 5.12. The summed E-state index contributed by atoms with van der Waals surface area (Å²) in [6.45, 7) is 0. The first-order chi connectivity index (χ1) is 12.4. The summed E-state index contributed by atoms with van der Waals surface area (Å²) in [5.74, 6) is 0.884. The van der Waals surface area contributed by atoms with Crippen LogP contribution < -0.4 is 0 Å². The molecule has 0 aliphatic heterocycles. The van der Waals surface area contributed by atoms with Gasteiger partial charge in [-0.3, -0.25) is 0 Å². The minimum atomic E-state index is -3.26. The highest BCUT2D eigenvalue weighted by Gasteiger charge is 2.23. The summed E-state index contributed by atoms with van der Waals surface area (Å²) in [6.07, 6.45) is 7.18. The van der Waals surface area contributed by atoms with Gasteiger partial charge in [-0.1, -0.05) is 30.9 Å². The molecule has 2 aromatic carbocycles. The highest BCUT2D eigenvalue weighted by molar-refractivity contribution is 7.90. The molecule has 1 aliphatic carbocycles. The molecule has 1 fully saturated rings. The monoisotopic (exact) mass is 388 g/mol. The first kappa shape index (κ1) is 17.6. The standard InChI is InChI=1S/C20H21ClN2O2S/c1-26(24,25)17-11-12-19-18(13-17)22-20(14-7-9-15(21)10-8-14)23(19)16-5-3-2-4-6-16/h7-13,16H,2-6H2,1H3. The van der Waals surface area contributed by atoms with Gasteiger partial charge in [-0.25, -0.2) is 13.4 Å². The van der Waals surface area contributed by atoms with Crippen molar-refractivity contribution in [2.24, 2.45) is 0 Å². The van der Waals surface area contributed by atoms with E-state index in [2.05, 4.69) is 4.57 Å². The van der Waals surface area contributed by atoms with E-state index in [0.717, 1.165) is 35.3 Å². The second-order valence-electron chi connectivity index (χ2n) is 7.03. The van der Waals surface area contributed by atoms with Gasteiger partial charge in [0.1, 0.15) is 5.82 Å². The van der Waals surface area contributed by atoms with Crippen LogP contribution in [0.15, 0.2) is 47.4 Å². The smallest absolute Gasteiger partial charge is 0.175 e. The molecule has 0 atom stereocenters. The van der Waals surface area contributed by atoms with Gasteiger partial charge in [0, 0.05) is 22.9 Å². The van der Waals surface area contributed by atoms with Gasteiger partial charge in [0.05, 0.1) is 15.9 Å². The molecule has 0 N–H and O–H groups in total. The summed E-state index contributed by atoms with van der Waals surface area (Å²) in [5.41, 5.74) is 2.72. The Kier molecular flexibility index (Phi) is 4.53. The molecule has 6 heteroatoms. The van der Waals surface area contributed by atoms with E-state index in [1.54, 1.807) is 12.1 Å². The molecule has 1 saturated carbocycles. The second kappa shape index (κ2) is 6.71. The second-order valence-corrected chi connectivity index (χ2v) is 9.48. The quantitative estimate of drug-likeness (QED) is 0.614. The van der Waals surface area contributed by atoms with Crippen molar-refractivity contribution in [3.05, 3.63) is 47.5 Å². The lowest BCUT2D eigenvalue weighted by Crippen LogP contribution is -2.14. The van der Waals surface area contributed by atoms with E-state index in [1.807, 2.05) is 30.3 Å². The van der Waals surface area contributed by atoms with Gasteiger partial charge in [-0.2, -0.15) is 0 Å². The summed E-state index contributed by atoms with van der Waals surface area (Å²) >= 11 is 6.04. The van der Waals surface area contributed by atoms with E-state index < -0.39 is 9.84 Å². The number of fused-ring (bicyclic) bond motifs is 1. The summed E-state index contributed by atoms with van der Waals surface area (Å²) in [7, 11) is -3.26. The lowest BCUT2D eigenvalue weighted by molar-refractivity contribution is 0.362. The zero-order valence-corrected chi connectivity index (χ0v) is 16.2. The average molecular weight is 389 g/mol. The molecule has 0 amide bonds. The van der Waals surface area contributed by atoms with Crippen LogP contribution in [0.4, 0.5) is 0 Å². The lowest BCUT2D eigenvalue weighted by atomic mass is 9.95. The van der Waals surface area contributed by atoms with Gasteiger partial charge in [0.15, 0.2) is 9.84 Å². The van der Waals surface area contributed by atoms with E-state index in [0.29, 0.717) is 16.0 Å². The van der Waals surface area contributed by atoms with E-state index in [4.69, 9.17) is 16.6 Å². The fourth-order valence-electron chi connectivity index (χ4n) is 3.82. The molecular formula is C20H21ClN2O2S. The first-order valence-corrected chi connectivity index (χ1v) is 11.2. The lowest BCUT2D eigenvalue weighted by Gasteiger charge is -2.25. The number of hydrogen-bond donors (Lipinski definition) is 0. The molecule has 4 rings (SSSR count). The largest absolute Gasteiger partial charge is 0.321 e. The van der Waals surface area contributed by atoms with Crippen molar-refractivity contribution in [1.82, 2.24) is 9.55 Å². The summed E-state index contributed by atoms with van der Waals surface area (Å²) in [5, 5.41) is 0.688. The Morgan fingerprint density at radius 1 is 1.04 bits per heavy atom. The first-order valence-electron chi connectivity index (χ1n) is 8.91. The van der Waals surface area contributed by atoms with Crippen molar-refractivity contribution in [3.8, 4) is 11.4 Å². The van der Waals surface area contributed by atoms with Crippen LogP contribution in [0, 0.1) is 0 Å². The maximum atomic E-state index is 11.9. The predicted octanol–water partition coefficient (Wildman–Crippen LogP) is 5.27. The zero-order chi connectivity index (χ0) is 18.3. The van der Waals surface area contributed by atoms with Crippen LogP contribution >= 0.6 is 11.6 Å². The van der Waals surface area contributed by atoms with Crippen LogP contribution in [0.2, 0.25) is 5.02 Å². The van der Waals surface area contributed by atoms with E-state index in [9.17, 15) is 8.42 Å². The minimum absolute atomic E-state index is 0.306. The fraction of sp³-hybridized carbons (Fsp3) is 0.350. The van der Waals surface area contributed by atoms with Crippen LogP contribution in [0.1, 0.15) is 38.1 Å². The number of aromatic nitrogens is 2. The van der Waals surface area contributed by atoms with Crippen molar-refractivity contribution in [2.45, 2.75) is 43.0 Å². The van der Waals surface area contributed by atoms with Crippen molar-refractivity contribution in [3.63, 3.8) is 0 Å². The van der Waals surface area contributed by atoms with Crippen molar-refractivity contribution < 1.29 is 8.42 Å². The maximum Gasteiger partial charge on any atom is 0.175 e. The molecule has 4 nitrogen and oxygen atoms in total. The van der Waals surface area contributed by atoms with Gasteiger partial charge >= 0.3 is 0 Å². The number of rotatable bonds is 3. The Hall–Kier alpha value is -1.85. The number of hydrogen-bond acceptors (Lipinski definition) is 3. The van der Waals surface area contributed by atoms with Gasteiger partial charge in [0.25, 0.3) is 0 Å². The van der Waals surface area contributed by atoms with E-state index in [-0.39, 0.29) is 0 Å². The SMILES string of the molecule is CS(=O)(=O)c1ccc2c(c1)nc(-c1ccc(Cl)cc1)n2C1CCCCC1. The molecule has 1 aromatic heterocycles. The molecule has 0 spiro atoms. The maximum absolute atomic E-state index is 11.9. The number of benzene rings is 2. The van der Waals surface area contributed by atoms with Gasteiger partial charge < -0.3 is 4.57 Å². The molecule has 1 heterocycles. The minimum Gasteiger partial charge on any atom is -0.321 e. The van der Waals surface area contributed by atoms with Gasteiger partial charge in [0.2, 0.25) is 0 Å². The van der Waals surface area contributed by atoms with Gasteiger partial charge in [-0.05, 0) is 55.3 Å². The number of halogens is 1. The molecule has 0 unspecified atom stereocenters. The molecular weight excluding hydrogens is 368 g/mol. The molecule has 0 bridgehead atoms. The van der Waals surface area contributed by atoms with Gasteiger partial charge in [-0.15, -0.1) is 0 Å². The Morgan fingerprint density at radius 2 is 1.73 bits per heavy atom. The Labute approximate surface area is 158 Å². The molecule has 26 heavy (non-hydrogen) atoms. The molecule has 3 aromatic rings. The Bertz CT molecular complexity index is 1050. The average Bonchev–Trinajstić information content (AvgIpc) is 3.01. The number of nitrogens with zero attached hydrogens (tertiary/aromatic N) is 2. The van der Waals surface area contributed by atoms with E-state index >= 15 is 0 Å². The van der Waals surface area contributed by atoms with Crippen molar-refractivity contribution in [1.29, 1.82) is 0 Å². The van der Waals surface area contributed by atoms with Crippen molar-refractivity contribution in [2.75, 3.05) is 6.26 Å². The van der Waals surface area contributed by atoms with Crippen molar-refractivity contribution >= 4 is 32.5 Å². The fourth-order valence-corrected chi connectivity index (χ4v) is 4.59. The third kappa shape index (κ3) is 3.26. The predicted molar refractivity (Wildman–Crippen MR) is 105 cm³/mol. The normalized spacial score (nSPS) is 16.2. The molecule has 0 radical (unpaired) electrons. The number of imidazole rings is 1. The Balaban J connectivity index is 1.94. The number of sulfone groups is 1. The van der Waals surface area contributed by atoms with Crippen LogP contribution in [-0.4, -0.2) is 24.2 Å². The highest BCUT2D eigenvalue weighted by atomic mass is 35.5. The topological polar surface area (TPSA) is 52.0 Å². The van der Waals surface area contributed by atoms with Crippen LogP contribution in [0.3, 0.4) is 0 Å². The Morgan fingerprint density at radius 3 is 2.38 bits per heavy atom. The molecule has 136 valence electrons. The zero-order valence-electron chi connectivity index (χ0n) is 14.7. The molecule has 0 saturated heterocycles. The van der Waals surface area contributed by atoms with Crippen LogP contribution in [0.5, 0.6) is 0 Å². The molecule has 1 aliphatic rings. The van der Waals surface area contributed by atoms with Crippen LogP contribution in [0.25, 0.3) is 22.4 Å². The third-order valence-corrected chi connectivity index (χ3v) is 6.49. The highest BCUT2D eigenvalue weighted by Crippen LogP contribution is 2.36. The van der Waals surface area contributed by atoms with E-state index in [1.165, 1.54) is 25.5 Å². The van der Waals surface area contributed by atoms with Crippen LogP contribution in [-0.2, 0) is 9.84 Å². The summed E-state index contributed by atoms with van der Waals surface area (Å²) in [6, 6.07) is 13.3. The summed E-state index contributed by atoms with van der Waals surface area (Å²) < 4.78 is 26.2.